The van der Waals surface area contributed by atoms with E-state index in [2.05, 4.69) is 10.4 Å². The molecule has 8 nitrogen and oxygen atoms in total. The number of aromatic nitrogens is 2. The number of anilines is 2. The topological polar surface area (TPSA) is 133 Å². The van der Waals surface area contributed by atoms with E-state index in [0.29, 0.717) is 11.4 Å². The third-order valence-corrected chi connectivity index (χ3v) is 4.36. The number of primary sulfonamides is 1. The average Bonchev–Trinajstić information content (AvgIpc) is 2.89. The highest BCUT2D eigenvalue weighted by Gasteiger charge is 2.10. The molecule has 0 saturated heterocycles. The van der Waals surface area contributed by atoms with E-state index in [-0.39, 0.29) is 17.3 Å². The molecule has 0 saturated carbocycles. The first-order valence-corrected chi connectivity index (χ1v) is 8.51. The van der Waals surface area contributed by atoms with Crippen molar-refractivity contribution < 1.29 is 13.2 Å². The summed E-state index contributed by atoms with van der Waals surface area (Å²) in [6, 6.07) is 10.9. The van der Waals surface area contributed by atoms with Crippen molar-refractivity contribution >= 4 is 38.2 Å². The van der Waals surface area contributed by atoms with Crippen molar-refractivity contribution in [3.63, 3.8) is 0 Å². The first kappa shape index (κ1) is 16.0. The van der Waals surface area contributed by atoms with Crippen LogP contribution in [0.15, 0.2) is 53.6 Å². The van der Waals surface area contributed by atoms with Gasteiger partial charge in [0.15, 0.2) is 0 Å². The number of nitrogens with one attached hydrogen (secondary N) is 1. The van der Waals surface area contributed by atoms with Crippen LogP contribution in [0, 0.1) is 0 Å². The van der Waals surface area contributed by atoms with Crippen molar-refractivity contribution in [3.05, 3.63) is 48.7 Å². The summed E-state index contributed by atoms with van der Waals surface area (Å²) in [5.41, 5.74) is 7.56. The van der Waals surface area contributed by atoms with E-state index in [1.807, 2.05) is 6.07 Å². The zero-order valence-electron chi connectivity index (χ0n) is 12.5. The van der Waals surface area contributed by atoms with Gasteiger partial charge in [-0.3, -0.25) is 9.48 Å². The summed E-state index contributed by atoms with van der Waals surface area (Å²) in [7, 11) is -3.76. The Bertz CT molecular complexity index is 1010. The van der Waals surface area contributed by atoms with Crippen LogP contribution >= 0.6 is 0 Å². The van der Waals surface area contributed by atoms with E-state index in [1.165, 1.54) is 24.3 Å². The number of nitrogen functional groups attached to an aromatic ring is 1. The molecule has 0 radical (unpaired) electrons. The molecule has 0 unspecified atom stereocenters. The molecule has 0 aliphatic heterocycles. The molecular formula is C15H15N5O3S. The van der Waals surface area contributed by atoms with Crippen LogP contribution in [-0.2, 0) is 21.4 Å². The van der Waals surface area contributed by atoms with Gasteiger partial charge in [0.05, 0.1) is 16.6 Å². The lowest BCUT2D eigenvalue weighted by atomic mass is 10.2. The summed E-state index contributed by atoms with van der Waals surface area (Å²) in [5.74, 6) is -0.300. The standard InChI is InChI=1S/C15H15N5O3S/c16-11-2-1-10-8-18-20(14(10)7-11)9-15(21)19-12-3-5-13(6-4-12)24(17,22)23/h1-8H,9,16H2,(H,19,21)(H2,17,22,23). The Labute approximate surface area is 138 Å². The van der Waals surface area contributed by atoms with Gasteiger partial charge in [0.2, 0.25) is 15.9 Å². The molecule has 1 heterocycles. The first-order chi connectivity index (χ1) is 11.3. The van der Waals surface area contributed by atoms with Gasteiger partial charge in [0.1, 0.15) is 6.54 Å². The number of carbonyl (C=O) groups excluding carboxylic acids is 1. The minimum Gasteiger partial charge on any atom is -0.399 e. The molecule has 2 aromatic carbocycles. The molecule has 1 amide bonds. The second-order valence-electron chi connectivity index (χ2n) is 5.24. The molecule has 0 aliphatic rings. The molecule has 124 valence electrons. The van der Waals surface area contributed by atoms with Crippen LogP contribution in [0.2, 0.25) is 0 Å². The van der Waals surface area contributed by atoms with E-state index in [4.69, 9.17) is 10.9 Å². The monoisotopic (exact) mass is 345 g/mol. The maximum absolute atomic E-state index is 12.1. The summed E-state index contributed by atoms with van der Waals surface area (Å²) in [6.07, 6.45) is 1.66. The zero-order chi connectivity index (χ0) is 17.3. The van der Waals surface area contributed by atoms with Crippen molar-refractivity contribution in [2.24, 2.45) is 5.14 Å². The van der Waals surface area contributed by atoms with Crippen LogP contribution in [0.5, 0.6) is 0 Å². The SMILES string of the molecule is Nc1ccc2cnn(CC(=O)Nc3ccc(S(N)(=O)=O)cc3)c2c1. The number of hydrogen-bond acceptors (Lipinski definition) is 5. The number of benzene rings is 2. The van der Waals surface area contributed by atoms with Gasteiger partial charge in [0.25, 0.3) is 0 Å². The van der Waals surface area contributed by atoms with E-state index in [9.17, 15) is 13.2 Å². The van der Waals surface area contributed by atoms with Gasteiger partial charge in [-0.1, -0.05) is 0 Å². The lowest BCUT2D eigenvalue weighted by Crippen LogP contribution is -2.19. The number of amides is 1. The van der Waals surface area contributed by atoms with E-state index in [0.717, 1.165) is 10.9 Å². The molecular weight excluding hydrogens is 330 g/mol. The van der Waals surface area contributed by atoms with Gasteiger partial charge in [-0.25, -0.2) is 13.6 Å². The maximum Gasteiger partial charge on any atom is 0.246 e. The Balaban J connectivity index is 1.74. The Morgan fingerprint density at radius 2 is 1.88 bits per heavy atom. The predicted molar refractivity (Wildman–Crippen MR) is 90.6 cm³/mol. The largest absolute Gasteiger partial charge is 0.399 e. The highest BCUT2D eigenvalue weighted by atomic mass is 32.2. The van der Waals surface area contributed by atoms with Gasteiger partial charge < -0.3 is 11.1 Å². The van der Waals surface area contributed by atoms with Gasteiger partial charge in [-0.05, 0) is 42.5 Å². The van der Waals surface area contributed by atoms with Crippen molar-refractivity contribution in [1.82, 2.24) is 9.78 Å². The number of nitrogens with zero attached hydrogens (tertiary/aromatic N) is 2. The van der Waals surface area contributed by atoms with Crippen LogP contribution in [0.3, 0.4) is 0 Å². The quantitative estimate of drug-likeness (QED) is 0.604. The molecule has 0 fully saturated rings. The number of nitrogens with two attached hydrogens (primary N) is 2. The fourth-order valence-electron chi connectivity index (χ4n) is 2.28. The number of carbonyl (C=O) groups is 1. The van der Waals surface area contributed by atoms with E-state index >= 15 is 0 Å². The van der Waals surface area contributed by atoms with Crippen molar-refractivity contribution in [2.75, 3.05) is 11.1 Å². The summed E-state index contributed by atoms with van der Waals surface area (Å²) in [6.45, 7) is 0.00386. The van der Waals surface area contributed by atoms with Gasteiger partial charge in [0, 0.05) is 16.8 Å². The summed E-state index contributed by atoms with van der Waals surface area (Å²) in [4.78, 5) is 12.1. The second kappa shape index (κ2) is 5.95. The third-order valence-electron chi connectivity index (χ3n) is 3.43. The molecule has 1 aromatic heterocycles. The van der Waals surface area contributed by atoms with Crippen molar-refractivity contribution in [3.8, 4) is 0 Å². The summed E-state index contributed by atoms with van der Waals surface area (Å²) < 4.78 is 23.9. The molecule has 9 heteroatoms. The third kappa shape index (κ3) is 3.36. The Morgan fingerprint density at radius 1 is 1.17 bits per heavy atom. The summed E-state index contributed by atoms with van der Waals surface area (Å²) in [5, 5.41) is 12.8. The van der Waals surface area contributed by atoms with E-state index in [1.54, 1.807) is 23.0 Å². The molecule has 3 rings (SSSR count). The molecule has 5 N–H and O–H groups in total. The van der Waals surface area contributed by atoms with Crippen LogP contribution in [0.25, 0.3) is 10.9 Å². The Kier molecular flexibility index (Phi) is 3.96. The molecule has 0 bridgehead atoms. The Morgan fingerprint density at radius 3 is 2.54 bits per heavy atom. The van der Waals surface area contributed by atoms with Crippen LogP contribution in [-0.4, -0.2) is 24.1 Å². The molecule has 0 spiro atoms. The zero-order valence-corrected chi connectivity index (χ0v) is 13.3. The Hall–Kier alpha value is -2.91. The number of sulfonamides is 1. The highest BCUT2D eigenvalue weighted by Crippen LogP contribution is 2.17. The van der Waals surface area contributed by atoms with Crippen LogP contribution < -0.4 is 16.2 Å². The lowest BCUT2D eigenvalue weighted by molar-refractivity contribution is -0.116. The van der Waals surface area contributed by atoms with Crippen LogP contribution in [0.1, 0.15) is 0 Å². The fraction of sp³-hybridized carbons (Fsp3) is 0.0667. The lowest BCUT2D eigenvalue weighted by Gasteiger charge is -2.07. The normalized spacial score (nSPS) is 11.5. The minimum atomic E-state index is -3.76. The van der Waals surface area contributed by atoms with Crippen molar-refractivity contribution in [2.45, 2.75) is 11.4 Å². The smallest absolute Gasteiger partial charge is 0.246 e. The number of rotatable bonds is 4. The van der Waals surface area contributed by atoms with E-state index < -0.39 is 10.0 Å². The molecule has 24 heavy (non-hydrogen) atoms. The van der Waals surface area contributed by atoms with Crippen LogP contribution in [0.4, 0.5) is 11.4 Å². The first-order valence-electron chi connectivity index (χ1n) is 6.97. The second-order valence-corrected chi connectivity index (χ2v) is 6.80. The fourth-order valence-corrected chi connectivity index (χ4v) is 2.79. The molecule has 3 aromatic rings. The average molecular weight is 345 g/mol. The molecule has 0 aliphatic carbocycles. The minimum absolute atomic E-state index is 0.00386. The van der Waals surface area contributed by atoms with Crippen molar-refractivity contribution in [1.29, 1.82) is 0 Å². The number of fused-ring (bicyclic) bond motifs is 1. The van der Waals surface area contributed by atoms with Gasteiger partial charge in [-0.2, -0.15) is 5.10 Å². The van der Waals surface area contributed by atoms with Gasteiger partial charge in [-0.15, -0.1) is 0 Å². The highest BCUT2D eigenvalue weighted by molar-refractivity contribution is 7.89. The summed E-state index contributed by atoms with van der Waals surface area (Å²) >= 11 is 0. The maximum atomic E-state index is 12.1. The molecule has 0 atom stereocenters. The van der Waals surface area contributed by atoms with Gasteiger partial charge >= 0.3 is 0 Å². The number of hydrogen-bond donors (Lipinski definition) is 3. The predicted octanol–water partition coefficient (Wildman–Crippen LogP) is 0.905.